The average molecular weight is 546 g/mol. The van der Waals surface area contributed by atoms with Gasteiger partial charge in [0, 0.05) is 48.3 Å². The third-order valence-corrected chi connectivity index (χ3v) is 6.40. The van der Waals surface area contributed by atoms with Gasteiger partial charge in [-0.05, 0) is 17.2 Å². The van der Waals surface area contributed by atoms with E-state index in [1.54, 1.807) is 36.7 Å². The number of amides is 3. The first kappa shape index (κ1) is 28.0. The number of hydrogen-bond donors (Lipinski definition) is 7. The highest BCUT2D eigenvalue weighted by atomic mass is 16.4. The maximum absolute atomic E-state index is 13.4. The summed E-state index contributed by atoms with van der Waals surface area (Å²) in [4.78, 5) is 60.4. The van der Waals surface area contributed by atoms with Gasteiger partial charge in [0.15, 0.2) is 0 Å². The van der Waals surface area contributed by atoms with Gasteiger partial charge in [-0.2, -0.15) is 0 Å². The quantitative estimate of drug-likeness (QED) is 0.126. The molecule has 2 heterocycles. The van der Waals surface area contributed by atoms with Gasteiger partial charge in [-0.25, -0.2) is 9.78 Å². The molecule has 12 heteroatoms. The Kier molecular flexibility index (Phi) is 9.26. The zero-order valence-electron chi connectivity index (χ0n) is 21.6. The van der Waals surface area contributed by atoms with Crippen LogP contribution in [0, 0.1) is 0 Å². The standard InChI is InChI=1S/C28H31N7O5/c29-21(12-19-14-30-16-33-19)26(37)32-15-25(36)34-23(11-18-13-31-22-9-5-4-8-20(18)22)27(38)35-24(28(39)40)10-17-6-2-1-3-7-17/h1-9,13-14,16,21,23-24,31H,10-12,15,29H2,(H,30,33)(H,32,37)(H,34,36)(H,35,38)(H,39,40). The third kappa shape index (κ3) is 7.54. The molecule has 3 atom stereocenters. The van der Waals surface area contributed by atoms with Crippen molar-refractivity contribution in [2.75, 3.05) is 6.54 Å². The van der Waals surface area contributed by atoms with E-state index < -0.39 is 48.4 Å². The van der Waals surface area contributed by atoms with Crippen molar-refractivity contribution in [1.82, 2.24) is 30.9 Å². The van der Waals surface area contributed by atoms with Crippen molar-refractivity contribution in [1.29, 1.82) is 0 Å². The van der Waals surface area contributed by atoms with E-state index in [0.29, 0.717) is 5.69 Å². The van der Waals surface area contributed by atoms with Crippen LogP contribution in [0.5, 0.6) is 0 Å². The lowest BCUT2D eigenvalue weighted by atomic mass is 10.0. The largest absolute Gasteiger partial charge is 0.480 e. The Morgan fingerprint density at radius 3 is 2.35 bits per heavy atom. The molecule has 0 aliphatic rings. The Balaban J connectivity index is 1.44. The minimum Gasteiger partial charge on any atom is -0.480 e. The minimum atomic E-state index is -1.21. The van der Waals surface area contributed by atoms with E-state index in [4.69, 9.17) is 5.73 Å². The number of nitrogens with one attached hydrogen (secondary N) is 5. The SMILES string of the molecule is NC(Cc1cnc[nH]1)C(=O)NCC(=O)NC(Cc1c[nH]c2ccccc12)C(=O)NC(Cc1ccccc1)C(=O)O. The number of nitrogens with zero attached hydrogens (tertiary/aromatic N) is 1. The van der Waals surface area contributed by atoms with Gasteiger partial charge in [0.1, 0.15) is 12.1 Å². The molecule has 0 fully saturated rings. The van der Waals surface area contributed by atoms with E-state index in [2.05, 4.69) is 30.9 Å². The number of benzene rings is 2. The van der Waals surface area contributed by atoms with Crippen LogP contribution in [0.25, 0.3) is 10.9 Å². The van der Waals surface area contributed by atoms with Crippen LogP contribution in [-0.4, -0.2) is 68.4 Å². The number of carboxylic acids is 1. The van der Waals surface area contributed by atoms with Gasteiger partial charge >= 0.3 is 5.97 Å². The number of nitrogens with two attached hydrogens (primary N) is 1. The second kappa shape index (κ2) is 13.2. The normalized spacial score (nSPS) is 13.2. The van der Waals surface area contributed by atoms with Gasteiger partial charge in [-0.1, -0.05) is 48.5 Å². The number of carboxylic acid groups (broad SMARTS) is 1. The molecule has 0 aliphatic carbocycles. The molecule has 3 unspecified atom stereocenters. The van der Waals surface area contributed by atoms with Gasteiger partial charge in [-0.3, -0.25) is 14.4 Å². The summed E-state index contributed by atoms with van der Waals surface area (Å²) in [5.74, 6) is -3.04. The molecular formula is C28H31N7O5. The fraction of sp³-hybridized carbons (Fsp3) is 0.250. The van der Waals surface area contributed by atoms with E-state index in [-0.39, 0.29) is 19.3 Å². The fourth-order valence-electron chi connectivity index (χ4n) is 4.32. The molecular weight excluding hydrogens is 514 g/mol. The second-order valence-electron chi connectivity index (χ2n) is 9.38. The number of aromatic nitrogens is 3. The number of hydrogen-bond acceptors (Lipinski definition) is 6. The van der Waals surface area contributed by atoms with Crippen molar-refractivity contribution in [2.45, 2.75) is 37.4 Å². The monoisotopic (exact) mass is 545 g/mol. The number of H-pyrrole nitrogens is 2. The first-order chi connectivity index (χ1) is 19.3. The van der Waals surface area contributed by atoms with Crippen molar-refractivity contribution < 1.29 is 24.3 Å². The second-order valence-corrected chi connectivity index (χ2v) is 9.38. The van der Waals surface area contributed by atoms with Gasteiger partial charge in [-0.15, -0.1) is 0 Å². The summed E-state index contributed by atoms with van der Waals surface area (Å²) in [7, 11) is 0. The fourth-order valence-corrected chi connectivity index (χ4v) is 4.32. The van der Waals surface area contributed by atoms with Crippen LogP contribution in [0.1, 0.15) is 16.8 Å². The van der Waals surface area contributed by atoms with Crippen molar-refractivity contribution in [3.8, 4) is 0 Å². The molecule has 0 bridgehead atoms. The highest BCUT2D eigenvalue weighted by molar-refractivity contribution is 5.93. The van der Waals surface area contributed by atoms with E-state index in [0.717, 1.165) is 22.0 Å². The van der Waals surface area contributed by atoms with Crippen LogP contribution in [0.15, 0.2) is 73.3 Å². The van der Waals surface area contributed by atoms with Crippen LogP contribution < -0.4 is 21.7 Å². The van der Waals surface area contributed by atoms with Crippen molar-refractivity contribution in [2.24, 2.45) is 5.73 Å². The predicted octanol–water partition coefficient (Wildman–Crippen LogP) is 0.417. The van der Waals surface area contributed by atoms with Gasteiger partial charge < -0.3 is 36.8 Å². The summed E-state index contributed by atoms with van der Waals surface area (Å²) >= 11 is 0. The summed E-state index contributed by atoms with van der Waals surface area (Å²) in [5, 5.41) is 18.3. The van der Waals surface area contributed by atoms with Crippen molar-refractivity contribution in [3.63, 3.8) is 0 Å². The smallest absolute Gasteiger partial charge is 0.326 e. The van der Waals surface area contributed by atoms with Crippen LogP contribution in [0.4, 0.5) is 0 Å². The lowest BCUT2D eigenvalue weighted by Gasteiger charge is -2.22. The number of rotatable bonds is 13. The Hall–Kier alpha value is -4.97. The van der Waals surface area contributed by atoms with Gasteiger partial charge in [0.2, 0.25) is 17.7 Å². The molecule has 0 saturated carbocycles. The summed E-state index contributed by atoms with van der Waals surface area (Å²) in [5.41, 5.74) is 8.95. The molecule has 0 aliphatic heterocycles. The maximum Gasteiger partial charge on any atom is 0.326 e. The summed E-state index contributed by atoms with van der Waals surface area (Å²) in [6.07, 6.45) is 5.13. The highest BCUT2D eigenvalue weighted by Crippen LogP contribution is 2.19. The molecule has 0 spiro atoms. The van der Waals surface area contributed by atoms with E-state index in [1.165, 1.54) is 6.33 Å². The topological polar surface area (TPSA) is 195 Å². The number of aliphatic carboxylic acids is 1. The van der Waals surface area contributed by atoms with Gasteiger partial charge in [0.25, 0.3) is 0 Å². The number of carbonyl (C=O) groups is 4. The number of imidazole rings is 1. The number of fused-ring (bicyclic) bond motifs is 1. The molecule has 0 radical (unpaired) electrons. The number of para-hydroxylation sites is 1. The summed E-state index contributed by atoms with van der Waals surface area (Å²) in [6.45, 7) is -0.417. The highest BCUT2D eigenvalue weighted by Gasteiger charge is 2.28. The van der Waals surface area contributed by atoms with E-state index >= 15 is 0 Å². The molecule has 0 saturated heterocycles. The first-order valence-corrected chi connectivity index (χ1v) is 12.7. The Labute approximate surface area is 229 Å². The molecule has 3 amide bonds. The molecule has 40 heavy (non-hydrogen) atoms. The van der Waals surface area contributed by atoms with Crippen molar-refractivity contribution in [3.05, 3.63) is 90.1 Å². The Morgan fingerprint density at radius 1 is 0.875 bits per heavy atom. The molecule has 4 aromatic rings. The molecule has 208 valence electrons. The van der Waals surface area contributed by atoms with Crippen LogP contribution in [0.2, 0.25) is 0 Å². The molecule has 8 N–H and O–H groups in total. The minimum absolute atomic E-state index is 0.0694. The first-order valence-electron chi connectivity index (χ1n) is 12.7. The third-order valence-electron chi connectivity index (χ3n) is 6.40. The molecule has 2 aromatic carbocycles. The summed E-state index contributed by atoms with van der Waals surface area (Å²) in [6, 6.07) is 13.2. The zero-order valence-corrected chi connectivity index (χ0v) is 21.6. The van der Waals surface area contributed by atoms with E-state index in [9.17, 15) is 24.3 Å². The van der Waals surface area contributed by atoms with Crippen LogP contribution >= 0.6 is 0 Å². The van der Waals surface area contributed by atoms with Crippen LogP contribution in [0.3, 0.4) is 0 Å². The average Bonchev–Trinajstić information content (AvgIpc) is 3.61. The number of carbonyl (C=O) groups excluding carboxylic acids is 3. The molecule has 12 nitrogen and oxygen atoms in total. The number of aromatic amines is 2. The Morgan fingerprint density at radius 2 is 1.62 bits per heavy atom. The van der Waals surface area contributed by atoms with Gasteiger partial charge in [0.05, 0.1) is 18.9 Å². The molecule has 2 aromatic heterocycles. The van der Waals surface area contributed by atoms with E-state index in [1.807, 2.05) is 30.3 Å². The van der Waals surface area contributed by atoms with Crippen molar-refractivity contribution >= 4 is 34.6 Å². The zero-order chi connectivity index (χ0) is 28.5. The maximum atomic E-state index is 13.4. The Bertz CT molecular complexity index is 1450. The lowest BCUT2D eigenvalue weighted by Crippen LogP contribution is -2.55. The summed E-state index contributed by atoms with van der Waals surface area (Å²) < 4.78 is 0. The lowest BCUT2D eigenvalue weighted by molar-refractivity contribution is -0.142. The predicted molar refractivity (Wildman–Crippen MR) is 147 cm³/mol. The molecule has 4 rings (SSSR count). The van der Waals surface area contributed by atoms with Crippen LogP contribution in [-0.2, 0) is 38.4 Å².